The van der Waals surface area contributed by atoms with Crippen molar-refractivity contribution in [2.75, 3.05) is 32.9 Å². The number of likely N-dealkylation sites (tertiary alicyclic amines) is 1. The summed E-state index contributed by atoms with van der Waals surface area (Å²) in [5.41, 5.74) is 0.768. The highest BCUT2D eigenvalue weighted by Gasteiger charge is 2.34. The van der Waals surface area contributed by atoms with E-state index in [1.54, 1.807) is 17.2 Å². The average Bonchev–Trinajstić information content (AvgIpc) is 2.89. The number of sulfonamides is 1. The zero-order chi connectivity index (χ0) is 17.7. The van der Waals surface area contributed by atoms with E-state index in [1.807, 2.05) is 12.1 Å². The Hall–Kier alpha value is -2.00. The van der Waals surface area contributed by atoms with Gasteiger partial charge in [-0.05, 0) is 12.1 Å². The maximum atomic E-state index is 12.1. The van der Waals surface area contributed by atoms with Crippen LogP contribution in [-0.2, 0) is 26.2 Å². The Kier molecular flexibility index (Phi) is 5.89. The van der Waals surface area contributed by atoms with Gasteiger partial charge in [-0.15, -0.1) is 0 Å². The molecule has 1 N–H and O–H groups in total. The van der Waals surface area contributed by atoms with Crippen LogP contribution in [0.4, 0.5) is 0 Å². The molecule has 9 heteroatoms. The van der Waals surface area contributed by atoms with Crippen molar-refractivity contribution in [3.8, 4) is 0 Å². The lowest BCUT2D eigenvalue weighted by Crippen LogP contribution is -2.37. The summed E-state index contributed by atoms with van der Waals surface area (Å²) in [4.78, 5) is 29.9. The first-order chi connectivity index (χ1) is 11.3. The predicted molar refractivity (Wildman–Crippen MR) is 88.2 cm³/mol. The minimum atomic E-state index is -3.35. The molecule has 2 rings (SSSR count). The van der Waals surface area contributed by atoms with E-state index < -0.39 is 15.9 Å². The Labute approximate surface area is 141 Å². The highest BCUT2D eigenvalue weighted by Crippen LogP contribution is 2.19. The second kappa shape index (κ2) is 7.71. The summed E-state index contributed by atoms with van der Waals surface area (Å²) in [6.45, 7) is 0.727. The standard InChI is InChI=1S/C15H22N4O4S/c1-18(2)24(22,23)8-7-17-15(21)12-9-14(20)19(10-12)11-13-5-3-4-6-16-13/h3-6,12H,7-11H2,1-2H3,(H,17,21). The van der Waals surface area contributed by atoms with Crippen molar-refractivity contribution in [1.29, 1.82) is 0 Å². The van der Waals surface area contributed by atoms with E-state index in [4.69, 9.17) is 0 Å². The number of carbonyl (C=O) groups excluding carboxylic acids is 2. The molecular formula is C15H22N4O4S. The fraction of sp³-hybridized carbons (Fsp3) is 0.533. The molecule has 0 aliphatic carbocycles. The highest BCUT2D eigenvalue weighted by atomic mass is 32.2. The van der Waals surface area contributed by atoms with Crippen molar-refractivity contribution in [3.05, 3.63) is 30.1 Å². The van der Waals surface area contributed by atoms with E-state index in [2.05, 4.69) is 10.3 Å². The number of hydrogen-bond acceptors (Lipinski definition) is 5. The molecule has 1 aromatic heterocycles. The first-order valence-electron chi connectivity index (χ1n) is 7.65. The molecular weight excluding hydrogens is 332 g/mol. The fourth-order valence-corrected chi connectivity index (χ4v) is 3.14. The number of hydrogen-bond donors (Lipinski definition) is 1. The van der Waals surface area contributed by atoms with Gasteiger partial charge in [0.1, 0.15) is 0 Å². The first kappa shape index (κ1) is 18.3. The van der Waals surface area contributed by atoms with Crippen LogP contribution in [0, 0.1) is 5.92 Å². The zero-order valence-corrected chi connectivity index (χ0v) is 14.6. The minimum absolute atomic E-state index is 0.0320. The van der Waals surface area contributed by atoms with Gasteiger partial charge in [0.2, 0.25) is 21.8 Å². The van der Waals surface area contributed by atoms with Crippen molar-refractivity contribution in [2.24, 2.45) is 5.92 Å². The van der Waals surface area contributed by atoms with Gasteiger partial charge >= 0.3 is 0 Å². The number of amides is 2. The third-order valence-corrected chi connectivity index (χ3v) is 5.71. The number of aromatic nitrogens is 1. The number of nitrogens with one attached hydrogen (secondary N) is 1. The molecule has 1 atom stereocenters. The van der Waals surface area contributed by atoms with Crippen molar-refractivity contribution in [1.82, 2.24) is 19.5 Å². The Morgan fingerprint density at radius 3 is 2.79 bits per heavy atom. The molecule has 132 valence electrons. The van der Waals surface area contributed by atoms with Crippen LogP contribution in [0.3, 0.4) is 0 Å². The SMILES string of the molecule is CN(C)S(=O)(=O)CCNC(=O)C1CC(=O)N(Cc2ccccn2)C1. The average molecular weight is 354 g/mol. The van der Waals surface area contributed by atoms with Gasteiger partial charge in [-0.1, -0.05) is 6.07 Å². The van der Waals surface area contributed by atoms with Crippen molar-refractivity contribution in [3.63, 3.8) is 0 Å². The topological polar surface area (TPSA) is 99.7 Å². The molecule has 1 aromatic rings. The normalized spacial score (nSPS) is 18.2. The van der Waals surface area contributed by atoms with Gasteiger partial charge in [0.05, 0.1) is 23.9 Å². The van der Waals surface area contributed by atoms with E-state index >= 15 is 0 Å². The number of rotatable bonds is 7. The van der Waals surface area contributed by atoms with Crippen LogP contribution < -0.4 is 5.32 Å². The molecule has 2 amide bonds. The monoisotopic (exact) mass is 354 g/mol. The molecule has 0 bridgehead atoms. The van der Waals surface area contributed by atoms with Crippen molar-refractivity contribution < 1.29 is 18.0 Å². The number of nitrogens with zero attached hydrogens (tertiary/aromatic N) is 3. The lowest BCUT2D eigenvalue weighted by atomic mass is 10.1. The smallest absolute Gasteiger partial charge is 0.225 e. The molecule has 1 saturated heterocycles. The van der Waals surface area contributed by atoms with E-state index in [9.17, 15) is 18.0 Å². The number of pyridine rings is 1. The van der Waals surface area contributed by atoms with Gasteiger partial charge < -0.3 is 10.2 Å². The molecule has 2 heterocycles. The zero-order valence-electron chi connectivity index (χ0n) is 13.8. The second-order valence-corrected chi connectivity index (χ2v) is 8.19. The molecule has 1 aliphatic rings. The Morgan fingerprint density at radius 2 is 2.17 bits per heavy atom. The molecule has 0 radical (unpaired) electrons. The predicted octanol–water partition coefficient (Wildman–Crippen LogP) is -0.562. The third kappa shape index (κ3) is 4.75. The lowest BCUT2D eigenvalue weighted by Gasteiger charge is -2.16. The Morgan fingerprint density at radius 1 is 1.42 bits per heavy atom. The largest absolute Gasteiger partial charge is 0.355 e. The summed E-state index contributed by atoms with van der Waals surface area (Å²) in [5.74, 6) is -1.00. The van der Waals surface area contributed by atoms with Crippen molar-refractivity contribution >= 4 is 21.8 Å². The van der Waals surface area contributed by atoms with Crippen LogP contribution in [0.25, 0.3) is 0 Å². The van der Waals surface area contributed by atoms with Gasteiger partial charge in [-0.25, -0.2) is 12.7 Å². The molecule has 1 unspecified atom stereocenters. The van der Waals surface area contributed by atoms with E-state index in [-0.39, 0.29) is 30.5 Å². The first-order valence-corrected chi connectivity index (χ1v) is 9.26. The van der Waals surface area contributed by atoms with Gasteiger partial charge in [0.15, 0.2) is 0 Å². The van der Waals surface area contributed by atoms with Crippen LogP contribution in [0.5, 0.6) is 0 Å². The molecule has 1 fully saturated rings. The molecule has 1 aliphatic heterocycles. The van der Waals surface area contributed by atoms with E-state index in [1.165, 1.54) is 14.1 Å². The summed E-state index contributed by atoms with van der Waals surface area (Å²) in [6.07, 6.45) is 1.80. The molecule has 0 aromatic carbocycles. The molecule has 8 nitrogen and oxygen atoms in total. The third-order valence-electron chi connectivity index (χ3n) is 3.88. The number of carbonyl (C=O) groups is 2. The Bertz CT molecular complexity index is 691. The van der Waals surface area contributed by atoms with Gasteiger partial charge in [0.25, 0.3) is 0 Å². The quantitative estimate of drug-likeness (QED) is 0.707. The summed E-state index contributed by atoms with van der Waals surface area (Å²) in [5, 5.41) is 2.60. The van der Waals surface area contributed by atoms with Crippen LogP contribution in [0.15, 0.2) is 24.4 Å². The summed E-state index contributed by atoms with van der Waals surface area (Å²) < 4.78 is 24.4. The highest BCUT2D eigenvalue weighted by molar-refractivity contribution is 7.89. The van der Waals surface area contributed by atoms with Crippen molar-refractivity contribution in [2.45, 2.75) is 13.0 Å². The summed E-state index contributed by atoms with van der Waals surface area (Å²) >= 11 is 0. The Balaban J connectivity index is 1.83. The second-order valence-electron chi connectivity index (χ2n) is 5.89. The summed E-state index contributed by atoms with van der Waals surface area (Å²) in [6, 6.07) is 5.47. The van der Waals surface area contributed by atoms with Crippen LogP contribution in [0.2, 0.25) is 0 Å². The molecule has 24 heavy (non-hydrogen) atoms. The lowest BCUT2D eigenvalue weighted by molar-refractivity contribution is -0.129. The molecule has 0 saturated carbocycles. The summed E-state index contributed by atoms with van der Waals surface area (Å²) in [7, 11) is -0.453. The fourth-order valence-electron chi connectivity index (χ4n) is 2.42. The van der Waals surface area contributed by atoms with Gasteiger partial charge in [0, 0.05) is 39.8 Å². The van der Waals surface area contributed by atoms with E-state index in [0.717, 1.165) is 10.00 Å². The molecule has 0 spiro atoms. The minimum Gasteiger partial charge on any atom is -0.355 e. The van der Waals surface area contributed by atoms with Gasteiger partial charge in [-0.3, -0.25) is 14.6 Å². The maximum Gasteiger partial charge on any atom is 0.225 e. The maximum absolute atomic E-state index is 12.1. The van der Waals surface area contributed by atoms with Crippen LogP contribution in [-0.4, -0.2) is 67.4 Å². The van der Waals surface area contributed by atoms with Gasteiger partial charge in [-0.2, -0.15) is 0 Å². The van der Waals surface area contributed by atoms with E-state index in [0.29, 0.717) is 13.1 Å². The van der Waals surface area contributed by atoms with Crippen LogP contribution >= 0.6 is 0 Å². The van der Waals surface area contributed by atoms with Crippen LogP contribution in [0.1, 0.15) is 12.1 Å².